The minimum atomic E-state index is -0.0694. The maximum Gasteiger partial charge on any atom is 0.0609 e. The molecule has 0 fully saturated rings. The van der Waals surface area contributed by atoms with Crippen molar-refractivity contribution in [2.24, 2.45) is 0 Å². The second kappa shape index (κ2) is 10.3. The van der Waals surface area contributed by atoms with Crippen molar-refractivity contribution < 1.29 is 15.3 Å². The highest BCUT2D eigenvalue weighted by atomic mass is 16.3. The number of likely N-dealkylation sites (N-methyl/N-ethyl adjacent to an activating group) is 1. The second-order valence-electron chi connectivity index (χ2n) is 4.06. The van der Waals surface area contributed by atoms with Crippen LogP contribution in [-0.2, 0) is 0 Å². The van der Waals surface area contributed by atoms with E-state index in [4.69, 9.17) is 15.3 Å². The number of nitrogens with zero attached hydrogens (tertiary/aromatic N) is 1. The van der Waals surface area contributed by atoms with Gasteiger partial charge in [-0.2, -0.15) is 0 Å². The molecule has 0 aromatic rings. The number of rotatable bonds is 6. The van der Waals surface area contributed by atoms with Crippen LogP contribution in [0.4, 0.5) is 0 Å². The third kappa shape index (κ3) is 11.7. The van der Waals surface area contributed by atoms with Crippen molar-refractivity contribution in [3.05, 3.63) is 0 Å². The predicted molar refractivity (Wildman–Crippen MR) is 61.9 cm³/mol. The molecule has 0 aliphatic rings. The van der Waals surface area contributed by atoms with E-state index in [0.29, 0.717) is 13.1 Å². The van der Waals surface area contributed by atoms with Gasteiger partial charge in [0.15, 0.2) is 0 Å². The summed E-state index contributed by atoms with van der Waals surface area (Å²) in [6.07, 6.45) is 0. The fourth-order valence-electron chi connectivity index (χ4n) is 0.425. The average molecular weight is 222 g/mol. The molecule has 5 nitrogen and oxygen atoms in total. The van der Waals surface area contributed by atoms with Gasteiger partial charge in [0.2, 0.25) is 0 Å². The van der Waals surface area contributed by atoms with Crippen molar-refractivity contribution in [2.75, 3.05) is 47.0 Å². The molecular formula is C10H26N2O3. The number of aliphatic hydroxyl groups excluding tert-OH is 3. The van der Waals surface area contributed by atoms with Gasteiger partial charge in [0.1, 0.15) is 0 Å². The van der Waals surface area contributed by atoms with Crippen LogP contribution >= 0.6 is 0 Å². The summed E-state index contributed by atoms with van der Waals surface area (Å²) < 4.78 is 0. The lowest BCUT2D eigenvalue weighted by Crippen LogP contribution is -2.41. The van der Waals surface area contributed by atoms with Crippen molar-refractivity contribution in [3.8, 4) is 0 Å². The quantitative estimate of drug-likeness (QED) is 0.428. The van der Waals surface area contributed by atoms with Gasteiger partial charge < -0.3 is 25.5 Å². The molecule has 0 aromatic carbocycles. The number of hydrogen-bond donors (Lipinski definition) is 4. The van der Waals surface area contributed by atoms with Gasteiger partial charge in [0.25, 0.3) is 0 Å². The Labute approximate surface area is 92.7 Å². The molecule has 0 amide bonds. The molecule has 0 unspecified atom stereocenters. The number of aliphatic hydroxyl groups is 3. The Kier molecular flexibility index (Phi) is 11.8. The van der Waals surface area contributed by atoms with Gasteiger partial charge in [0.05, 0.1) is 19.8 Å². The lowest BCUT2D eigenvalue weighted by atomic mass is 10.1. The van der Waals surface area contributed by atoms with Crippen molar-refractivity contribution >= 4 is 0 Å². The smallest absolute Gasteiger partial charge is 0.0609 e. The molecule has 0 aliphatic carbocycles. The Morgan fingerprint density at radius 1 is 1.00 bits per heavy atom. The first-order chi connectivity index (χ1) is 6.92. The molecule has 0 spiro atoms. The normalized spacial score (nSPS) is 11.2. The van der Waals surface area contributed by atoms with E-state index >= 15 is 0 Å². The third-order valence-electron chi connectivity index (χ3n) is 2.17. The average Bonchev–Trinajstić information content (AvgIpc) is 2.19. The zero-order valence-corrected chi connectivity index (χ0v) is 10.3. The Bertz CT molecular complexity index is 126. The minimum absolute atomic E-state index is 0.0694. The lowest BCUT2D eigenvalue weighted by molar-refractivity contribution is 0.100. The van der Waals surface area contributed by atoms with Gasteiger partial charge in [-0.15, -0.1) is 0 Å². The van der Waals surface area contributed by atoms with Crippen LogP contribution in [0, 0.1) is 0 Å². The molecule has 0 aromatic heterocycles. The van der Waals surface area contributed by atoms with Gasteiger partial charge in [-0.1, -0.05) is 0 Å². The van der Waals surface area contributed by atoms with Crippen molar-refractivity contribution in [3.63, 3.8) is 0 Å². The van der Waals surface area contributed by atoms with Crippen molar-refractivity contribution in [1.29, 1.82) is 0 Å². The Hall–Kier alpha value is -0.200. The summed E-state index contributed by atoms with van der Waals surface area (Å²) in [5.74, 6) is 0. The van der Waals surface area contributed by atoms with Crippen LogP contribution in [-0.4, -0.2) is 72.8 Å². The SMILES string of the molecule is CN(C)C(C)(C)CO.OCCNCCO. The lowest BCUT2D eigenvalue weighted by Gasteiger charge is -2.29. The molecule has 0 aliphatic heterocycles. The van der Waals surface area contributed by atoms with Crippen molar-refractivity contribution in [2.45, 2.75) is 19.4 Å². The predicted octanol–water partition coefficient (Wildman–Crippen LogP) is -1.12. The van der Waals surface area contributed by atoms with Crippen LogP contribution < -0.4 is 5.32 Å². The number of nitrogens with one attached hydrogen (secondary N) is 1. The van der Waals surface area contributed by atoms with Crippen LogP contribution in [0.25, 0.3) is 0 Å². The second-order valence-corrected chi connectivity index (χ2v) is 4.06. The van der Waals surface area contributed by atoms with Gasteiger partial charge in [-0.05, 0) is 27.9 Å². The van der Waals surface area contributed by atoms with E-state index in [-0.39, 0.29) is 25.4 Å². The summed E-state index contributed by atoms with van der Waals surface area (Å²) in [7, 11) is 3.91. The Morgan fingerprint density at radius 2 is 1.40 bits per heavy atom. The van der Waals surface area contributed by atoms with E-state index in [0.717, 1.165) is 0 Å². The highest BCUT2D eigenvalue weighted by molar-refractivity contribution is 4.74. The fourth-order valence-corrected chi connectivity index (χ4v) is 0.425. The Morgan fingerprint density at radius 3 is 1.53 bits per heavy atom. The molecule has 5 heteroatoms. The molecule has 0 heterocycles. The molecule has 15 heavy (non-hydrogen) atoms. The van der Waals surface area contributed by atoms with Gasteiger partial charge in [0, 0.05) is 18.6 Å². The van der Waals surface area contributed by atoms with E-state index in [9.17, 15) is 0 Å². The Balaban J connectivity index is 0. The summed E-state index contributed by atoms with van der Waals surface area (Å²) in [5.41, 5.74) is -0.0694. The molecule has 94 valence electrons. The third-order valence-corrected chi connectivity index (χ3v) is 2.17. The first kappa shape index (κ1) is 17.2. The van der Waals surface area contributed by atoms with Gasteiger partial charge in [-0.3, -0.25) is 0 Å². The highest BCUT2D eigenvalue weighted by Crippen LogP contribution is 2.06. The molecular weight excluding hydrogens is 196 g/mol. The van der Waals surface area contributed by atoms with E-state index in [1.165, 1.54) is 0 Å². The highest BCUT2D eigenvalue weighted by Gasteiger charge is 2.17. The molecule has 0 atom stereocenters. The zero-order valence-electron chi connectivity index (χ0n) is 10.3. The van der Waals surface area contributed by atoms with Gasteiger partial charge in [-0.25, -0.2) is 0 Å². The summed E-state index contributed by atoms with van der Waals surface area (Å²) in [6.45, 7) is 5.61. The monoisotopic (exact) mass is 222 g/mol. The molecule has 0 rings (SSSR count). The topological polar surface area (TPSA) is 76.0 Å². The van der Waals surface area contributed by atoms with E-state index < -0.39 is 0 Å². The van der Waals surface area contributed by atoms with Crippen LogP contribution in [0.1, 0.15) is 13.8 Å². The zero-order chi connectivity index (χ0) is 12.3. The molecule has 0 saturated heterocycles. The fraction of sp³-hybridized carbons (Fsp3) is 1.00. The van der Waals surface area contributed by atoms with Crippen LogP contribution in [0.2, 0.25) is 0 Å². The van der Waals surface area contributed by atoms with E-state index in [2.05, 4.69) is 5.32 Å². The molecule has 0 radical (unpaired) electrons. The van der Waals surface area contributed by atoms with E-state index in [1.54, 1.807) is 0 Å². The summed E-state index contributed by atoms with van der Waals surface area (Å²) in [6, 6.07) is 0. The van der Waals surface area contributed by atoms with Crippen LogP contribution in [0.15, 0.2) is 0 Å². The maximum atomic E-state index is 8.72. The molecule has 4 N–H and O–H groups in total. The minimum Gasteiger partial charge on any atom is -0.395 e. The summed E-state index contributed by atoms with van der Waals surface area (Å²) in [4.78, 5) is 1.99. The molecule has 0 bridgehead atoms. The summed E-state index contributed by atoms with van der Waals surface area (Å²) in [5, 5.41) is 27.8. The van der Waals surface area contributed by atoms with Crippen molar-refractivity contribution in [1.82, 2.24) is 10.2 Å². The molecule has 0 saturated carbocycles. The largest absolute Gasteiger partial charge is 0.395 e. The van der Waals surface area contributed by atoms with Gasteiger partial charge >= 0.3 is 0 Å². The first-order valence-electron chi connectivity index (χ1n) is 5.13. The first-order valence-corrected chi connectivity index (χ1v) is 5.13. The maximum absolute atomic E-state index is 8.72. The summed E-state index contributed by atoms with van der Waals surface area (Å²) >= 11 is 0. The van der Waals surface area contributed by atoms with E-state index in [1.807, 2.05) is 32.8 Å². The van der Waals surface area contributed by atoms with Crippen LogP contribution in [0.3, 0.4) is 0 Å². The van der Waals surface area contributed by atoms with Crippen LogP contribution in [0.5, 0.6) is 0 Å². The number of hydrogen-bond acceptors (Lipinski definition) is 5. The standard InChI is InChI=1S/C6H15NO.C4H11NO2/c1-6(2,5-8)7(3)4;6-3-1-5-2-4-7/h8H,5H2,1-4H3;5-7H,1-4H2.